The molecule has 0 aromatic carbocycles. The summed E-state index contributed by atoms with van der Waals surface area (Å²) >= 11 is 0. The first-order valence-electron chi connectivity index (χ1n) is 16.8. The van der Waals surface area contributed by atoms with Crippen LogP contribution in [0.1, 0.15) is 187 Å². The third-order valence-electron chi connectivity index (χ3n) is 7.85. The number of carbonyl (C=O) groups excluding carboxylic acids is 1. The third-order valence-corrected chi connectivity index (χ3v) is 7.85. The van der Waals surface area contributed by atoms with Crippen LogP contribution in [0.5, 0.6) is 0 Å². The Morgan fingerprint density at radius 1 is 0.500 bits per heavy atom. The van der Waals surface area contributed by atoms with Crippen molar-refractivity contribution in [2.24, 2.45) is 0 Å². The number of amides is 1. The summed E-state index contributed by atoms with van der Waals surface area (Å²) in [4.78, 5) is 12.0. The quantitative estimate of drug-likeness (QED) is 0.0540. The van der Waals surface area contributed by atoms with Gasteiger partial charge in [-0.1, -0.05) is 162 Å². The van der Waals surface area contributed by atoms with Crippen LogP contribution in [0.3, 0.4) is 0 Å². The van der Waals surface area contributed by atoms with Crippen molar-refractivity contribution in [1.82, 2.24) is 5.32 Å². The van der Waals surface area contributed by atoms with E-state index in [1.807, 2.05) is 0 Å². The molecule has 228 valence electrons. The summed E-state index contributed by atoms with van der Waals surface area (Å²) in [5.41, 5.74) is 0. The molecule has 1 amide bonds. The van der Waals surface area contributed by atoms with E-state index in [1.165, 1.54) is 116 Å². The lowest BCUT2D eigenvalue weighted by atomic mass is 10.0. The van der Waals surface area contributed by atoms with Gasteiger partial charge in [0.05, 0.1) is 12.2 Å². The Bertz CT molecular complexity index is 488. The second-order valence-corrected chi connectivity index (χ2v) is 11.8. The molecule has 0 fully saturated rings. The van der Waals surface area contributed by atoms with Gasteiger partial charge in [0.2, 0.25) is 5.91 Å². The number of unbranched alkanes of at least 4 members (excludes halogenated alkanes) is 22. The van der Waals surface area contributed by atoms with Gasteiger partial charge in [-0.05, 0) is 12.8 Å². The minimum absolute atomic E-state index is 0.0294. The summed E-state index contributed by atoms with van der Waals surface area (Å²) in [6.45, 7) is 4.37. The summed E-state index contributed by atoms with van der Waals surface area (Å²) in [5, 5.41) is 32.5. The van der Waals surface area contributed by atoms with Crippen LogP contribution < -0.4 is 5.32 Å². The minimum Gasteiger partial charge on any atom is -0.390 e. The van der Waals surface area contributed by atoms with Crippen molar-refractivity contribution in [2.75, 3.05) is 0 Å². The second-order valence-electron chi connectivity index (χ2n) is 11.8. The molecule has 0 saturated heterocycles. The van der Waals surface area contributed by atoms with E-state index < -0.39 is 18.4 Å². The Kier molecular flexibility index (Phi) is 28.8. The molecule has 5 nitrogen and oxygen atoms in total. The molecule has 3 atom stereocenters. The molecule has 0 aliphatic rings. The van der Waals surface area contributed by atoms with Crippen molar-refractivity contribution in [2.45, 2.75) is 206 Å². The second kappa shape index (κ2) is 29.3. The van der Waals surface area contributed by atoms with Gasteiger partial charge in [-0.3, -0.25) is 4.79 Å². The fraction of sp³-hybridized carbons (Fsp3) is 0.970. The summed E-state index contributed by atoms with van der Waals surface area (Å²) < 4.78 is 0. The first-order chi connectivity index (χ1) is 18.5. The van der Waals surface area contributed by atoms with Crippen LogP contribution in [0.4, 0.5) is 0 Å². The molecule has 0 heterocycles. The summed E-state index contributed by atoms with van der Waals surface area (Å²) in [6, 6.07) is 0. The molecule has 3 unspecified atom stereocenters. The highest BCUT2D eigenvalue weighted by atomic mass is 16.3. The molecule has 0 radical (unpaired) electrons. The maximum Gasteiger partial charge on any atom is 0.221 e. The first-order valence-corrected chi connectivity index (χ1v) is 16.8. The van der Waals surface area contributed by atoms with Gasteiger partial charge in [0.15, 0.2) is 0 Å². The third kappa shape index (κ3) is 26.9. The molecule has 0 aromatic heterocycles. The first kappa shape index (κ1) is 37.4. The van der Waals surface area contributed by atoms with E-state index in [2.05, 4.69) is 19.2 Å². The Hall–Kier alpha value is -0.650. The van der Waals surface area contributed by atoms with Gasteiger partial charge >= 0.3 is 0 Å². The van der Waals surface area contributed by atoms with E-state index in [1.54, 1.807) is 0 Å². The molecule has 0 aliphatic carbocycles. The predicted octanol–water partition coefficient (Wildman–Crippen LogP) is 8.72. The number of aliphatic hydroxyl groups excluding tert-OH is 3. The van der Waals surface area contributed by atoms with Crippen molar-refractivity contribution < 1.29 is 20.1 Å². The molecule has 0 aromatic rings. The largest absolute Gasteiger partial charge is 0.390 e. The number of aliphatic hydroxyl groups is 3. The molecule has 0 spiro atoms. The lowest BCUT2D eigenvalue weighted by molar-refractivity contribution is -0.125. The van der Waals surface area contributed by atoms with Crippen LogP contribution in [0, 0.1) is 0 Å². The predicted molar refractivity (Wildman–Crippen MR) is 162 cm³/mol. The van der Waals surface area contributed by atoms with Crippen LogP contribution in [-0.2, 0) is 4.79 Å². The molecule has 0 saturated carbocycles. The van der Waals surface area contributed by atoms with Gasteiger partial charge in [-0.15, -0.1) is 0 Å². The highest BCUT2D eigenvalue weighted by Crippen LogP contribution is 2.15. The van der Waals surface area contributed by atoms with E-state index in [0.717, 1.165) is 38.5 Å². The van der Waals surface area contributed by atoms with E-state index in [4.69, 9.17) is 0 Å². The highest BCUT2D eigenvalue weighted by Gasteiger charge is 2.20. The van der Waals surface area contributed by atoms with Crippen LogP contribution in [0.2, 0.25) is 0 Å². The zero-order valence-corrected chi connectivity index (χ0v) is 25.6. The Morgan fingerprint density at radius 3 is 1.24 bits per heavy atom. The standard InChI is InChI=1S/C33H67NO4/c1-3-5-7-8-9-10-11-12-13-14-15-16-17-18-19-20-21-22-23-24-26-28-32(37)34-33(38)29-31(36)30(35)27-25-6-4-2/h30-31,33,35-36,38H,3-29H2,1-2H3,(H,34,37). The maximum atomic E-state index is 12.0. The Morgan fingerprint density at radius 2 is 0.842 bits per heavy atom. The average molecular weight is 542 g/mol. The van der Waals surface area contributed by atoms with Gasteiger partial charge in [0.25, 0.3) is 0 Å². The normalized spacial score (nSPS) is 13.9. The molecule has 38 heavy (non-hydrogen) atoms. The zero-order chi connectivity index (χ0) is 28.1. The smallest absolute Gasteiger partial charge is 0.221 e. The Balaban J connectivity index is 3.36. The van der Waals surface area contributed by atoms with E-state index >= 15 is 0 Å². The monoisotopic (exact) mass is 542 g/mol. The van der Waals surface area contributed by atoms with Crippen molar-refractivity contribution >= 4 is 5.91 Å². The van der Waals surface area contributed by atoms with Crippen molar-refractivity contribution in [3.05, 3.63) is 0 Å². The molecule has 0 aliphatic heterocycles. The van der Waals surface area contributed by atoms with Gasteiger partial charge < -0.3 is 20.6 Å². The van der Waals surface area contributed by atoms with Crippen LogP contribution >= 0.6 is 0 Å². The SMILES string of the molecule is CCCCCCCCCCCCCCCCCCCCCCCC(=O)NC(O)CC(O)C(O)CCCCC. The number of carbonyl (C=O) groups is 1. The van der Waals surface area contributed by atoms with Crippen molar-refractivity contribution in [3.63, 3.8) is 0 Å². The molecular formula is C33H67NO4. The highest BCUT2D eigenvalue weighted by molar-refractivity contribution is 5.75. The minimum atomic E-state index is -1.10. The van der Waals surface area contributed by atoms with E-state index in [9.17, 15) is 20.1 Å². The maximum absolute atomic E-state index is 12.0. The fourth-order valence-electron chi connectivity index (χ4n) is 5.22. The Labute approximate surface area is 237 Å². The average Bonchev–Trinajstić information content (AvgIpc) is 2.89. The van der Waals surface area contributed by atoms with E-state index in [0.29, 0.717) is 12.8 Å². The molecule has 4 N–H and O–H groups in total. The van der Waals surface area contributed by atoms with Crippen LogP contribution in [0.15, 0.2) is 0 Å². The topological polar surface area (TPSA) is 89.8 Å². The number of hydrogen-bond acceptors (Lipinski definition) is 4. The summed E-state index contributed by atoms with van der Waals surface area (Å²) in [6.07, 6.45) is 29.0. The number of rotatable bonds is 30. The van der Waals surface area contributed by atoms with Gasteiger partial charge in [-0.2, -0.15) is 0 Å². The molecule has 0 bridgehead atoms. The fourth-order valence-corrected chi connectivity index (χ4v) is 5.22. The molecular weight excluding hydrogens is 474 g/mol. The van der Waals surface area contributed by atoms with E-state index in [-0.39, 0.29) is 12.3 Å². The summed E-state index contributed by atoms with van der Waals surface area (Å²) in [7, 11) is 0. The van der Waals surface area contributed by atoms with Crippen LogP contribution in [-0.4, -0.2) is 39.7 Å². The van der Waals surface area contributed by atoms with Crippen molar-refractivity contribution in [1.29, 1.82) is 0 Å². The summed E-state index contributed by atoms with van der Waals surface area (Å²) in [5.74, 6) is -0.178. The molecule has 0 rings (SSSR count). The van der Waals surface area contributed by atoms with Crippen LogP contribution in [0.25, 0.3) is 0 Å². The lowest BCUT2D eigenvalue weighted by Crippen LogP contribution is -2.40. The lowest BCUT2D eigenvalue weighted by Gasteiger charge is -2.21. The zero-order valence-electron chi connectivity index (χ0n) is 25.6. The van der Waals surface area contributed by atoms with Gasteiger partial charge in [0, 0.05) is 12.8 Å². The van der Waals surface area contributed by atoms with Crippen molar-refractivity contribution in [3.8, 4) is 0 Å². The number of nitrogens with one attached hydrogen (secondary N) is 1. The van der Waals surface area contributed by atoms with Gasteiger partial charge in [0.1, 0.15) is 6.23 Å². The van der Waals surface area contributed by atoms with Gasteiger partial charge in [-0.25, -0.2) is 0 Å². The number of hydrogen-bond donors (Lipinski definition) is 4. The molecule has 5 heteroatoms.